The Hall–Kier alpha value is -2.91. The van der Waals surface area contributed by atoms with Crippen molar-refractivity contribution in [1.82, 2.24) is 14.8 Å². The van der Waals surface area contributed by atoms with Gasteiger partial charge in [0.2, 0.25) is 5.91 Å². The highest BCUT2D eigenvalue weighted by atomic mass is 32.2. The van der Waals surface area contributed by atoms with E-state index in [0.29, 0.717) is 18.8 Å². The number of rotatable bonds is 7. The van der Waals surface area contributed by atoms with Gasteiger partial charge in [0.15, 0.2) is 0 Å². The molecule has 1 atom stereocenters. The Morgan fingerprint density at radius 2 is 2.06 bits per heavy atom. The molecule has 0 saturated carbocycles. The Balaban J connectivity index is 1.39. The second kappa shape index (κ2) is 9.93. The third-order valence-corrected chi connectivity index (χ3v) is 6.08. The van der Waals surface area contributed by atoms with Crippen molar-refractivity contribution in [3.8, 4) is 0 Å². The number of amides is 4. The zero-order chi connectivity index (χ0) is 21.6. The number of hydrogen-bond donors (Lipinski definition) is 1. The third kappa shape index (κ3) is 5.62. The van der Waals surface area contributed by atoms with Crippen molar-refractivity contribution in [3.05, 3.63) is 59.9 Å². The van der Waals surface area contributed by atoms with Crippen LogP contribution >= 0.6 is 11.8 Å². The van der Waals surface area contributed by atoms with E-state index < -0.39 is 0 Å². The standard InChI is InChI=1S/C22H24N4O4S/c27-20-15-31-22(29)26(20)13-16-5-7-18(8-6-16)24-21(28)25(14-19-4-2-10-30-19)12-17-3-1-9-23-11-17/h1,3,5-9,11,19H,2,4,10,12-15H2,(H,24,28). The number of carbonyl (C=O) groups is 3. The van der Waals surface area contributed by atoms with E-state index in [2.05, 4.69) is 10.3 Å². The number of carbonyl (C=O) groups excluding carboxylic acids is 3. The van der Waals surface area contributed by atoms with Gasteiger partial charge in [-0.25, -0.2) is 4.79 Å². The van der Waals surface area contributed by atoms with E-state index >= 15 is 0 Å². The topological polar surface area (TPSA) is 91.8 Å². The van der Waals surface area contributed by atoms with Crippen molar-refractivity contribution in [2.45, 2.75) is 32.0 Å². The van der Waals surface area contributed by atoms with Crippen LogP contribution in [0.2, 0.25) is 0 Å². The number of benzene rings is 1. The van der Waals surface area contributed by atoms with Crippen molar-refractivity contribution in [2.24, 2.45) is 0 Å². The van der Waals surface area contributed by atoms with Crippen molar-refractivity contribution in [1.29, 1.82) is 0 Å². The molecular weight excluding hydrogens is 416 g/mol. The molecular formula is C22H24N4O4S. The molecule has 0 spiro atoms. The molecule has 1 aromatic heterocycles. The van der Waals surface area contributed by atoms with Crippen LogP contribution in [0, 0.1) is 0 Å². The summed E-state index contributed by atoms with van der Waals surface area (Å²) < 4.78 is 5.72. The molecule has 1 unspecified atom stereocenters. The molecule has 3 heterocycles. The lowest BCUT2D eigenvalue weighted by Gasteiger charge is -2.26. The smallest absolute Gasteiger partial charge is 0.322 e. The van der Waals surface area contributed by atoms with Gasteiger partial charge in [0, 0.05) is 37.8 Å². The summed E-state index contributed by atoms with van der Waals surface area (Å²) in [7, 11) is 0. The maximum atomic E-state index is 13.0. The first kappa shape index (κ1) is 21.3. The van der Waals surface area contributed by atoms with Gasteiger partial charge >= 0.3 is 6.03 Å². The molecule has 1 N–H and O–H groups in total. The van der Waals surface area contributed by atoms with Gasteiger partial charge in [0.05, 0.1) is 18.4 Å². The second-order valence-electron chi connectivity index (χ2n) is 7.54. The third-order valence-electron chi connectivity index (χ3n) is 5.22. The molecule has 2 aliphatic rings. The summed E-state index contributed by atoms with van der Waals surface area (Å²) in [5.74, 6) is 0.0253. The van der Waals surface area contributed by atoms with Gasteiger partial charge in [0.25, 0.3) is 5.24 Å². The molecule has 0 radical (unpaired) electrons. The summed E-state index contributed by atoms with van der Waals surface area (Å²) in [4.78, 5) is 43.6. The fraction of sp³-hybridized carbons (Fsp3) is 0.364. The molecule has 2 fully saturated rings. The molecule has 162 valence electrons. The van der Waals surface area contributed by atoms with Crippen molar-refractivity contribution in [2.75, 3.05) is 24.2 Å². The Morgan fingerprint density at radius 1 is 1.23 bits per heavy atom. The minimum atomic E-state index is -0.220. The number of nitrogens with one attached hydrogen (secondary N) is 1. The number of imide groups is 1. The Kier molecular flexibility index (Phi) is 6.83. The first-order chi connectivity index (χ1) is 15.1. The molecule has 2 aromatic rings. The van der Waals surface area contributed by atoms with Crippen molar-refractivity contribution >= 4 is 34.6 Å². The number of nitrogens with zero attached hydrogens (tertiary/aromatic N) is 3. The van der Waals surface area contributed by atoms with Crippen LogP contribution in [-0.4, -0.2) is 57.0 Å². The molecule has 0 bridgehead atoms. The Labute approximate surface area is 185 Å². The zero-order valence-corrected chi connectivity index (χ0v) is 17.8. The number of ether oxygens (including phenoxy) is 1. The van der Waals surface area contributed by atoms with E-state index in [4.69, 9.17) is 4.74 Å². The monoisotopic (exact) mass is 440 g/mol. The average molecular weight is 441 g/mol. The molecule has 9 heteroatoms. The van der Waals surface area contributed by atoms with Crippen molar-refractivity contribution < 1.29 is 19.1 Å². The summed E-state index contributed by atoms with van der Waals surface area (Å²) in [6.45, 7) is 1.92. The van der Waals surface area contributed by atoms with E-state index in [-0.39, 0.29) is 35.6 Å². The largest absolute Gasteiger partial charge is 0.376 e. The lowest BCUT2D eigenvalue weighted by Crippen LogP contribution is -2.39. The summed E-state index contributed by atoms with van der Waals surface area (Å²) in [5, 5.41) is 2.71. The van der Waals surface area contributed by atoms with E-state index in [1.54, 1.807) is 29.4 Å². The van der Waals surface area contributed by atoms with E-state index in [0.717, 1.165) is 42.3 Å². The SMILES string of the molecule is O=C(Nc1ccc(CN2C(=O)CSC2=O)cc1)N(Cc1cccnc1)CC1CCCO1. The molecule has 0 aliphatic carbocycles. The van der Waals surface area contributed by atoms with Gasteiger partial charge in [-0.1, -0.05) is 30.0 Å². The van der Waals surface area contributed by atoms with Gasteiger partial charge in [-0.3, -0.25) is 19.5 Å². The summed E-state index contributed by atoms with van der Waals surface area (Å²) >= 11 is 1.02. The van der Waals surface area contributed by atoms with Gasteiger partial charge < -0.3 is 15.0 Å². The lowest BCUT2D eigenvalue weighted by atomic mass is 10.2. The highest BCUT2D eigenvalue weighted by molar-refractivity contribution is 8.14. The Morgan fingerprint density at radius 3 is 2.71 bits per heavy atom. The fourth-order valence-electron chi connectivity index (χ4n) is 3.58. The predicted octanol–water partition coefficient (Wildman–Crippen LogP) is 3.49. The molecule has 8 nitrogen and oxygen atoms in total. The number of anilines is 1. The number of hydrogen-bond acceptors (Lipinski definition) is 6. The first-order valence-corrected chi connectivity index (χ1v) is 11.2. The molecule has 2 saturated heterocycles. The quantitative estimate of drug-likeness (QED) is 0.709. The van der Waals surface area contributed by atoms with Crippen LogP contribution in [0.1, 0.15) is 24.0 Å². The van der Waals surface area contributed by atoms with Crippen LogP contribution in [0.5, 0.6) is 0 Å². The molecule has 4 amide bonds. The van der Waals surface area contributed by atoms with Gasteiger partial charge in [0.1, 0.15) is 0 Å². The maximum absolute atomic E-state index is 13.0. The molecule has 1 aromatic carbocycles. The van der Waals surface area contributed by atoms with Crippen LogP contribution < -0.4 is 5.32 Å². The summed E-state index contributed by atoms with van der Waals surface area (Å²) in [6.07, 6.45) is 5.45. The van der Waals surface area contributed by atoms with Crippen molar-refractivity contribution in [3.63, 3.8) is 0 Å². The highest BCUT2D eigenvalue weighted by Crippen LogP contribution is 2.22. The molecule has 4 rings (SSSR count). The molecule has 31 heavy (non-hydrogen) atoms. The van der Waals surface area contributed by atoms with Gasteiger partial charge in [-0.2, -0.15) is 0 Å². The predicted molar refractivity (Wildman–Crippen MR) is 117 cm³/mol. The minimum absolute atomic E-state index is 0.0400. The van der Waals surface area contributed by atoms with E-state index in [1.165, 1.54) is 4.90 Å². The fourth-order valence-corrected chi connectivity index (χ4v) is 4.30. The number of pyridine rings is 1. The van der Waals surface area contributed by atoms with Crippen LogP contribution in [0.3, 0.4) is 0 Å². The second-order valence-corrected chi connectivity index (χ2v) is 8.46. The summed E-state index contributed by atoms with van der Waals surface area (Å²) in [6, 6.07) is 10.8. The van der Waals surface area contributed by atoms with Crippen LogP contribution in [0.25, 0.3) is 0 Å². The van der Waals surface area contributed by atoms with E-state index in [9.17, 15) is 14.4 Å². The van der Waals surface area contributed by atoms with Crippen LogP contribution in [0.15, 0.2) is 48.8 Å². The van der Waals surface area contributed by atoms with Crippen LogP contribution in [-0.2, 0) is 22.6 Å². The zero-order valence-electron chi connectivity index (χ0n) is 17.0. The number of aromatic nitrogens is 1. The highest BCUT2D eigenvalue weighted by Gasteiger charge is 2.29. The maximum Gasteiger partial charge on any atom is 0.322 e. The van der Waals surface area contributed by atoms with Gasteiger partial charge in [-0.15, -0.1) is 0 Å². The summed E-state index contributed by atoms with van der Waals surface area (Å²) in [5.41, 5.74) is 2.42. The average Bonchev–Trinajstić information content (AvgIpc) is 3.40. The van der Waals surface area contributed by atoms with E-state index in [1.807, 2.05) is 24.3 Å². The van der Waals surface area contributed by atoms with Gasteiger partial charge in [-0.05, 0) is 42.2 Å². The minimum Gasteiger partial charge on any atom is -0.376 e. The lowest BCUT2D eigenvalue weighted by molar-refractivity contribution is -0.125. The number of thioether (sulfide) groups is 1. The Bertz CT molecular complexity index is 916. The number of urea groups is 1. The first-order valence-electron chi connectivity index (χ1n) is 10.2. The van der Waals surface area contributed by atoms with Crippen LogP contribution in [0.4, 0.5) is 15.3 Å². The normalized spacial score (nSPS) is 18.5. The molecule has 2 aliphatic heterocycles.